The van der Waals surface area contributed by atoms with Crippen LogP contribution in [0.4, 0.5) is 14.5 Å². The summed E-state index contributed by atoms with van der Waals surface area (Å²) < 4.78 is 31.3. The van der Waals surface area contributed by atoms with Crippen LogP contribution in [-0.2, 0) is 16.1 Å². The van der Waals surface area contributed by atoms with Gasteiger partial charge >= 0.3 is 0 Å². The van der Waals surface area contributed by atoms with Crippen LogP contribution in [0.2, 0.25) is 5.02 Å². The van der Waals surface area contributed by atoms with Crippen LogP contribution in [0, 0.1) is 5.82 Å². The van der Waals surface area contributed by atoms with E-state index in [1.165, 1.54) is 29.8 Å². The van der Waals surface area contributed by atoms with Gasteiger partial charge in [0.05, 0.1) is 28.3 Å². The van der Waals surface area contributed by atoms with Gasteiger partial charge in [-0.2, -0.15) is 5.10 Å². The number of nitrogens with one attached hydrogen (secondary N) is 2. The van der Waals surface area contributed by atoms with Crippen LogP contribution in [-0.4, -0.2) is 61.0 Å². The second kappa shape index (κ2) is 11.4. The number of hydrogen-bond acceptors (Lipinski definition) is 5. The molecule has 2 amide bonds. The van der Waals surface area contributed by atoms with E-state index in [9.17, 15) is 18.8 Å². The Morgan fingerprint density at radius 3 is 2.67 bits per heavy atom. The number of carbonyl (C=O) groups is 3. The predicted octanol–water partition coefficient (Wildman–Crippen LogP) is 5.66. The number of rotatable bonds is 7. The van der Waals surface area contributed by atoms with E-state index in [1.807, 2.05) is 6.07 Å². The Balaban J connectivity index is 1.19. The number of aromatic amines is 1. The van der Waals surface area contributed by atoms with Crippen LogP contribution in [0.3, 0.4) is 0 Å². The van der Waals surface area contributed by atoms with E-state index in [1.54, 1.807) is 48.5 Å². The number of H-pyrrole nitrogens is 1. The summed E-state index contributed by atoms with van der Waals surface area (Å²) in [5.41, 5.74) is 2.17. The lowest BCUT2D eigenvalue weighted by Crippen LogP contribution is -2.44. The van der Waals surface area contributed by atoms with Crippen LogP contribution in [0.25, 0.3) is 34.1 Å². The smallest absolute Gasteiger partial charge is 0.247 e. The fourth-order valence-corrected chi connectivity index (χ4v) is 5.51. The zero-order chi connectivity index (χ0) is 30.2. The molecule has 0 unspecified atom stereocenters. The molecule has 1 fully saturated rings. The maximum absolute atomic E-state index is 15.4. The Hall–Kier alpha value is -4.90. The predicted molar refractivity (Wildman–Crippen MR) is 160 cm³/mol. The Morgan fingerprint density at radius 2 is 1.88 bits per heavy atom. The molecule has 0 radical (unpaired) electrons. The second-order valence-electron chi connectivity index (χ2n) is 10.3. The zero-order valence-corrected chi connectivity index (χ0v) is 23.6. The van der Waals surface area contributed by atoms with E-state index in [2.05, 4.69) is 20.4 Å². The lowest BCUT2D eigenvalue weighted by Gasteiger charge is -2.24. The lowest BCUT2D eigenvalue weighted by molar-refractivity contribution is -0.137. The van der Waals surface area contributed by atoms with Crippen molar-refractivity contribution in [2.24, 2.45) is 0 Å². The highest BCUT2D eigenvalue weighted by Gasteiger charge is 2.40. The van der Waals surface area contributed by atoms with Gasteiger partial charge < -0.3 is 15.2 Å². The molecule has 5 aromatic rings. The fourth-order valence-electron chi connectivity index (χ4n) is 5.29. The first-order valence-corrected chi connectivity index (χ1v) is 13.9. The number of halogens is 3. The molecule has 43 heavy (non-hydrogen) atoms. The molecule has 6 rings (SSSR count). The number of alkyl halides is 1. The van der Waals surface area contributed by atoms with Crippen LogP contribution in [0.1, 0.15) is 35.2 Å². The third-order valence-corrected chi connectivity index (χ3v) is 7.64. The molecule has 2 N–H and O–H groups in total. The topological polar surface area (TPSA) is 113 Å². The minimum absolute atomic E-state index is 0.112. The van der Waals surface area contributed by atoms with Gasteiger partial charge in [0.2, 0.25) is 11.8 Å². The Bertz CT molecular complexity index is 1930. The third-order valence-electron chi connectivity index (χ3n) is 7.34. The average molecular weight is 603 g/mol. The van der Waals surface area contributed by atoms with Crippen molar-refractivity contribution in [2.45, 2.75) is 32.1 Å². The van der Waals surface area contributed by atoms with E-state index < -0.39 is 29.8 Å². The summed E-state index contributed by atoms with van der Waals surface area (Å²) in [6, 6.07) is 15.6. The molecule has 0 aliphatic carbocycles. The SMILES string of the molecule is CC(=O)c1nn(CC(=O)N2C[C@H](F)C[C@H]2C(=O)Nc2cccc(C=Cc3nc4c(Cl)cccc4[nH]3)c2F)c2ccccc12. The largest absolute Gasteiger partial charge is 0.338 e. The molecule has 9 nitrogen and oxygen atoms in total. The van der Waals surface area contributed by atoms with E-state index in [4.69, 9.17) is 11.6 Å². The van der Waals surface area contributed by atoms with E-state index in [0.29, 0.717) is 27.3 Å². The molecule has 3 heterocycles. The van der Waals surface area contributed by atoms with Crippen molar-refractivity contribution in [3.05, 3.63) is 88.6 Å². The summed E-state index contributed by atoms with van der Waals surface area (Å²) in [7, 11) is 0. The van der Waals surface area contributed by atoms with Crippen LogP contribution < -0.4 is 5.32 Å². The number of hydrogen-bond donors (Lipinski definition) is 2. The second-order valence-corrected chi connectivity index (χ2v) is 10.7. The van der Waals surface area contributed by atoms with Crippen LogP contribution in [0.15, 0.2) is 60.7 Å². The van der Waals surface area contributed by atoms with Gasteiger partial charge in [-0.25, -0.2) is 13.8 Å². The number of amides is 2. The van der Waals surface area contributed by atoms with Crippen molar-refractivity contribution in [1.82, 2.24) is 24.6 Å². The van der Waals surface area contributed by atoms with Gasteiger partial charge in [0.15, 0.2) is 11.6 Å². The minimum Gasteiger partial charge on any atom is -0.338 e. The summed E-state index contributed by atoms with van der Waals surface area (Å²) in [5.74, 6) is -1.76. The molecule has 1 saturated heterocycles. The Labute approximate surface area is 249 Å². The molecule has 218 valence electrons. The first kappa shape index (κ1) is 28.2. The van der Waals surface area contributed by atoms with Gasteiger partial charge in [0.1, 0.15) is 35.8 Å². The van der Waals surface area contributed by atoms with Crippen molar-refractivity contribution < 1.29 is 23.2 Å². The van der Waals surface area contributed by atoms with Gasteiger partial charge in [-0.05, 0) is 36.4 Å². The van der Waals surface area contributed by atoms with Gasteiger partial charge in [-0.1, -0.05) is 48.0 Å². The molecule has 0 spiro atoms. The third kappa shape index (κ3) is 5.51. The minimum atomic E-state index is -1.43. The number of carbonyl (C=O) groups excluding carboxylic acids is 3. The lowest BCUT2D eigenvalue weighted by atomic mass is 10.1. The Kier molecular flexibility index (Phi) is 7.49. The normalized spacial score (nSPS) is 16.9. The molecular weight excluding hydrogens is 578 g/mol. The van der Waals surface area contributed by atoms with Crippen LogP contribution >= 0.6 is 11.6 Å². The number of benzene rings is 3. The van der Waals surface area contributed by atoms with Crippen LogP contribution in [0.5, 0.6) is 0 Å². The van der Waals surface area contributed by atoms with Gasteiger partial charge in [0, 0.05) is 24.3 Å². The van der Waals surface area contributed by atoms with E-state index in [0.717, 1.165) is 10.4 Å². The first-order valence-electron chi connectivity index (χ1n) is 13.5. The summed E-state index contributed by atoms with van der Waals surface area (Å²) in [4.78, 5) is 47.3. The van der Waals surface area contributed by atoms with Gasteiger partial charge in [-0.3, -0.25) is 19.1 Å². The number of aromatic nitrogens is 4. The van der Waals surface area contributed by atoms with Crippen molar-refractivity contribution in [2.75, 3.05) is 11.9 Å². The summed E-state index contributed by atoms with van der Waals surface area (Å²) >= 11 is 6.18. The Morgan fingerprint density at radius 1 is 1.09 bits per heavy atom. The highest BCUT2D eigenvalue weighted by Crippen LogP contribution is 2.27. The molecule has 2 aromatic heterocycles. The zero-order valence-electron chi connectivity index (χ0n) is 22.9. The maximum Gasteiger partial charge on any atom is 0.247 e. The molecule has 2 atom stereocenters. The van der Waals surface area contributed by atoms with Crippen molar-refractivity contribution in [3.8, 4) is 0 Å². The summed E-state index contributed by atoms with van der Waals surface area (Å²) in [6.45, 7) is 0.794. The quantitative estimate of drug-likeness (QED) is 0.234. The van der Waals surface area contributed by atoms with Gasteiger partial charge in [0.25, 0.3) is 0 Å². The number of anilines is 1. The number of likely N-dealkylation sites (tertiary alicyclic amines) is 1. The average Bonchev–Trinajstić information content (AvgIpc) is 3.69. The first-order chi connectivity index (χ1) is 20.7. The number of para-hydroxylation sites is 2. The van der Waals surface area contributed by atoms with E-state index in [-0.39, 0.29) is 42.2 Å². The molecule has 1 aliphatic rings. The molecule has 1 aliphatic heterocycles. The fraction of sp³-hybridized carbons (Fsp3) is 0.194. The summed E-state index contributed by atoms with van der Waals surface area (Å²) in [6.07, 6.45) is 1.43. The standard InChI is InChI=1S/C31H25ClF2N6O3/c1-17(41)29-20-7-2-3-11-24(20)40(38-29)16-27(42)39-15-19(33)14-25(39)31(43)36-22-9-4-6-18(28(22)34)12-13-26-35-23-10-5-8-21(32)30(23)37-26/h2-13,19,25H,14-16H2,1H3,(H,35,37)(H,36,43)/t19-,25+/m1/s1. The van der Waals surface area contributed by atoms with Crippen molar-refractivity contribution >= 4 is 69.0 Å². The number of ketones is 1. The number of imidazole rings is 1. The molecule has 0 saturated carbocycles. The maximum atomic E-state index is 15.4. The summed E-state index contributed by atoms with van der Waals surface area (Å²) in [5, 5.41) is 7.89. The van der Waals surface area contributed by atoms with Gasteiger partial charge in [-0.15, -0.1) is 0 Å². The molecule has 0 bridgehead atoms. The highest BCUT2D eigenvalue weighted by molar-refractivity contribution is 6.34. The number of nitrogens with zero attached hydrogens (tertiary/aromatic N) is 4. The molecule has 12 heteroatoms. The van der Waals surface area contributed by atoms with Crippen molar-refractivity contribution in [3.63, 3.8) is 0 Å². The highest BCUT2D eigenvalue weighted by atomic mass is 35.5. The number of fused-ring (bicyclic) bond motifs is 2. The van der Waals surface area contributed by atoms with Crippen molar-refractivity contribution in [1.29, 1.82) is 0 Å². The number of Topliss-reactive ketones (excluding diaryl/α,β-unsaturated/α-hetero) is 1. The monoisotopic (exact) mass is 602 g/mol. The van der Waals surface area contributed by atoms with E-state index >= 15 is 4.39 Å². The molecular formula is C31H25ClF2N6O3. The molecule has 3 aromatic carbocycles.